The number of rotatable bonds is 4. The van der Waals surface area contributed by atoms with Crippen molar-refractivity contribution >= 4 is 28.5 Å². The van der Waals surface area contributed by atoms with Gasteiger partial charge in [-0.15, -0.1) is 22.7 Å². The molecule has 0 saturated heterocycles. The zero-order valence-electron chi connectivity index (χ0n) is 14.7. The number of thiophene rings is 2. The van der Waals surface area contributed by atoms with Crippen molar-refractivity contribution < 1.29 is 4.79 Å². The number of ketones is 1. The molecule has 0 bridgehead atoms. The Labute approximate surface area is 161 Å². The first-order chi connectivity index (χ1) is 12.6. The van der Waals surface area contributed by atoms with Gasteiger partial charge in [-0.05, 0) is 47.9 Å². The summed E-state index contributed by atoms with van der Waals surface area (Å²) in [4.78, 5) is 15.0. The largest absolute Gasteiger partial charge is 0.287 e. The normalized spacial score (nSPS) is 10.8. The summed E-state index contributed by atoms with van der Waals surface area (Å²) < 4.78 is 0. The number of aryl methyl sites for hydroxylation is 2. The van der Waals surface area contributed by atoms with Gasteiger partial charge in [0.15, 0.2) is 0 Å². The minimum Gasteiger partial charge on any atom is -0.287 e. The van der Waals surface area contributed by atoms with Gasteiger partial charge in [0.1, 0.15) is 0 Å². The van der Waals surface area contributed by atoms with Crippen LogP contribution in [0.1, 0.15) is 25.7 Å². The molecule has 0 aliphatic carbocycles. The van der Waals surface area contributed by atoms with Crippen LogP contribution in [0.4, 0.5) is 0 Å². The smallest absolute Gasteiger partial charge is 0.214 e. The Hall–Kier alpha value is -2.49. The Morgan fingerprint density at radius 3 is 1.58 bits per heavy atom. The van der Waals surface area contributed by atoms with Crippen molar-refractivity contribution in [3.63, 3.8) is 0 Å². The Morgan fingerprint density at radius 2 is 1.15 bits per heavy atom. The third-order valence-electron chi connectivity index (χ3n) is 4.40. The van der Waals surface area contributed by atoms with Gasteiger partial charge in [0, 0.05) is 11.1 Å². The molecule has 4 rings (SSSR count). The van der Waals surface area contributed by atoms with Crippen molar-refractivity contribution in [1.82, 2.24) is 0 Å². The predicted molar refractivity (Wildman–Crippen MR) is 112 cm³/mol. The van der Waals surface area contributed by atoms with Crippen molar-refractivity contribution in [2.75, 3.05) is 0 Å². The van der Waals surface area contributed by atoms with Crippen molar-refractivity contribution in [1.29, 1.82) is 0 Å². The Morgan fingerprint density at radius 1 is 0.692 bits per heavy atom. The lowest BCUT2D eigenvalue weighted by molar-refractivity contribution is 0.104. The summed E-state index contributed by atoms with van der Waals surface area (Å²) in [5.74, 6) is 0.114. The van der Waals surface area contributed by atoms with E-state index in [1.54, 1.807) is 0 Å². The molecule has 0 amide bonds. The molecule has 0 N–H and O–H groups in total. The third-order valence-corrected chi connectivity index (χ3v) is 6.23. The monoisotopic (exact) mass is 374 g/mol. The van der Waals surface area contributed by atoms with Gasteiger partial charge < -0.3 is 0 Å². The molecular formula is C23H18OS2. The molecule has 0 fully saturated rings. The second-order valence-electron chi connectivity index (χ2n) is 6.39. The number of carbonyl (C=O) groups excluding carboxylic acids is 1. The van der Waals surface area contributed by atoms with Gasteiger partial charge in [0.25, 0.3) is 0 Å². The minimum atomic E-state index is 0.114. The zero-order chi connectivity index (χ0) is 18.1. The quantitative estimate of drug-likeness (QED) is 0.352. The fourth-order valence-corrected chi connectivity index (χ4v) is 4.94. The highest BCUT2D eigenvalue weighted by Gasteiger charge is 2.21. The zero-order valence-corrected chi connectivity index (χ0v) is 16.3. The first kappa shape index (κ1) is 17.0. The van der Waals surface area contributed by atoms with Crippen LogP contribution >= 0.6 is 22.7 Å². The summed E-state index contributed by atoms with van der Waals surface area (Å²) in [5, 5.41) is 4.01. The topological polar surface area (TPSA) is 17.1 Å². The summed E-state index contributed by atoms with van der Waals surface area (Å²) >= 11 is 3.04. The molecule has 0 saturated carbocycles. The predicted octanol–water partition coefficient (Wildman–Crippen LogP) is 6.99. The average Bonchev–Trinajstić information content (AvgIpc) is 3.31. The van der Waals surface area contributed by atoms with E-state index in [-0.39, 0.29) is 5.78 Å². The van der Waals surface area contributed by atoms with Crippen LogP contribution in [0.3, 0.4) is 0 Å². The second-order valence-corrected chi connectivity index (χ2v) is 8.23. The molecule has 2 aromatic heterocycles. The standard InChI is InChI=1S/C23H18OS2/c1-15-5-3-7-17(13-15)19-9-11-25-22(19)21(24)23-20(10-12-26-23)18-8-4-6-16(2)14-18/h3-14H,1-2H3. The van der Waals surface area contributed by atoms with Gasteiger partial charge in [0.2, 0.25) is 5.78 Å². The Balaban J connectivity index is 1.78. The SMILES string of the molecule is Cc1cccc(-c2ccsc2C(=O)c2sccc2-c2cccc(C)c2)c1. The molecule has 3 heteroatoms. The Bertz CT molecular complexity index is 999. The molecule has 2 aromatic carbocycles. The van der Waals surface area contributed by atoms with E-state index in [1.165, 1.54) is 33.8 Å². The van der Waals surface area contributed by atoms with E-state index >= 15 is 0 Å². The van der Waals surface area contributed by atoms with Crippen molar-refractivity contribution in [3.8, 4) is 22.3 Å². The van der Waals surface area contributed by atoms with Crippen LogP contribution in [0.15, 0.2) is 71.4 Å². The maximum atomic E-state index is 13.3. The number of benzene rings is 2. The highest BCUT2D eigenvalue weighted by Crippen LogP contribution is 2.36. The molecule has 4 aromatic rings. The molecular weight excluding hydrogens is 356 g/mol. The first-order valence-corrected chi connectivity index (χ1v) is 10.2. The van der Waals surface area contributed by atoms with E-state index in [2.05, 4.69) is 50.2 Å². The van der Waals surface area contributed by atoms with Crippen molar-refractivity contribution in [2.45, 2.75) is 13.8 Å². The maximum Gasteiger partial charge on any atom is 0.214 e. The lowest BCUT2D eigenvalue weighted by atomic mass is 9.99. The summed E-state index contributed by atoms with van der Waals surface area (Å²) in [7, 11) is 0. The van der Waals surface area contributed by atoms with E-state index in [1.807, 2.05) is 35.0 Å². The fourth-order valence-electron chi connectivity index (χ4n) is 3.15. The molecule has 128 valence electrons. The van der Waals surface area contributed by atoms with Gasteiger partial charge in [-0.3, -0.25) is 4.79 Å². The highest BCUT2D eigenvalue weighted by molar-refractivity contribution is 7.16. The van der Waals surface area contributed by atoms with Gasteiger partial charge in [-0.2, -0.15) is 0 Å². The second kappa shape index (κ2) is 7.02. The molecule has 0 spiro atoms. The van der Waals surface area contributed by atoms with Gasteiger partial charge in [-0.25, -0.2) is 0 Å². The summed E-state index contributed by atoms with van der Waals surface area (Å²) in [6.45, 7) is 4.15. The van der Waals surface area contributed by atoms with E-state index in [9.17, 15) is 4.79 Å². The van der Waals surface area contributed by atoms with Gasteiger partial charge >= 0.3 is 0 Å². The molecule has 2 heterocycles. The molecule has 0 radical (unpaired) electrons. The maximum absolute atomic E-state index is 13.3. The number of carbonyl (C=O) groups is 1. The fraction of sp³-hybridized carbons (Fsp3) is 0.0870. The van der Waals surface area contributed by atoms with E-state index in [0.717, 1.165) is 32.0 Å². The van der Waals surface area contributed by atoms with Crippen molar-refractivity contribution in [3.05, 3.63) is 92.3 Å². The number of hydrogen-bond donors (Lipinski definition) is 0. The van der Waals surface area contributed by atoms with Crippen LogP contribution < -0.4 is 0 Å². The van der Waals surface area contributed by atoms with E-state index in [0.29, 0.717) is 0 Å². The molecule has 1 nitrogen and oxygen atoms in total. The van der Waals surface area contributed by atoms with Crippen LogP contribution in [0.25, 0.3) is 22.3 Å². The van der Waals surface area contributed by atoms with Crippen LogP contribution in [0.5, 0.6) is 0 Å². The summed E-state index contributed by atoms with van der Waals surface area (Å²) in [6, 6.07) is 20.7. The summed E-state index contributed by atoms with van der Waals surface area (Å²) in [6.07, 6.45) is 0. The van der Waals surface area contributed by atoms with Crippen LogP contribution in [-0.2, 0) is 0 Å². The van der Waals surface area contributed by atoms with E-state index < -0.39 is 0 Å². The molecule has 0 aliphatic rings. The molecule has 26 heavy (non-hydrogen) atoms. The van der Waals surface area contributed by atoms with Crippen LogP contribution in [-0.4, -0.2) is 5.78 Å². The Kier molecular flexibility index (Phi) is 4.58. The highest BCUT2D eigenvalue weighted by atomic mass is 32.1. The van der Waals surface area contributed by atoms with Gasteiger partial charge in [-0.1, -0.05) is 59.7 Å². The lowest BCUT2D eigenvalue weighted by Crippen LogP contribution is -2.00. The summed E-state index contributed by atoms with van der Waals surface area (Å²) in [5.41, 5.74) is 6.64. The van der Waals surface area contributed by atoms with Crippen LogP contribution in [0.2, 0.25) is 0 Å². The van der Waals surface area contributed by atoms with Gasteiger partial charge in [0.05, 0.1) is 9.75 Å². The first-order valence-electron chi connectivity index (χ1n) is 8.47. The molecule has 0 aliphatic heterocycles. The average molecular weight is 375 g/mol. The molecule has 0 atom stereocenters. The van der Waals surface area contributed by atoms with E-state index in [4.69, 9.17) is 0 Å². The van der Waals surface area contributed by atoms with Crippen LogP contribution in [0, 0.1) is 13.8 Å². The third kappa shape index (κ3) is 3.16. The molecule has 0 unspecified atom stereocenters. The minimum absolute atomic E-state index is 0.114. The number of hydrogen-bond acceptors (Lipinski definition) is 3. The lowest BCUT2D eigenvalue weighted by Gasteiger charge is -2.07. The van der Waals surface area contributed by atoms with Crippen molar-refractivity contribution in [2.24, 2.45) is 0 Å².